The summed E-state index contributed by atoms with van der Waals surface area (Å²) in [5.41, 5.74) is -1.14. The van der Waals surface area contributed by atoms with Crippen LogP contribution in [0.15, 0.2) is 24.3 Å². The monoisotopic (exact) mass is 430 g/mol. The molecule has 1 heterocycles. The van der Waals surface area contributed by atoms with Crippen molar-refractivity contribution in [3.8, 4) is 0 Å². The molecule has 1 amide bonds. The van der Waals surface area contributed by atoms with Crippen molar-refractivity contribution in [3.05, 3.63) is 33.4 Å². The summed E-state index contributed by atoms with van der Waals surface area (Å²) in [6.45, 7) is 5.66. The first-order valence-electron chi connectivity index (χ1n) is 7.61. The van der Waals surface area contributed by atoms with Crippen LogP contribution in [0.1, 0.15) is 39.2 Å². The maximum Gasteiger partial charge on any atom is 0.411 e. The minimum atomic E-state index is -1.34. The Kier molecular flexibility index (Phi) is 5.23. The second-order valence-electron chi connectivity index (χ2n) is 6.86. The number of carboxylic acids is 1. The van der Waals surface area contributed by atoms with Gasteiger partial charge in [-0.25, -0.2) is 4.79 Å². The first kappa shape index (κ1) is 18.0. The van der Waals surface area contributed by atoms with Gasteiger partial charge in [-0.2, -0.15) is 0 Å². The van der Waals surface area contributed by atoms with E-state index in [1.807, 2.05) is 24.3 Å². The van der Waals surface area contributed by atoms with Gasteiger partial charge in [-0.3, -0.25) is 4.90 Å². The van der Waals surface area contributed by atoms with Gasteiger partial charge >= 0.3 is 6.09 Å². The number of aliphatic carboxylic acids is 1. The molecule has 1 atom stereocenters. The largest absolute Gasteiger partial charge is 0.548 e. The van der Waals surface area contributed by atoms with Gasteiger partial charge in [0.15, 0.2) is 0 Å². The zero-order valence-corrected chi connectivity index (χ0v) is 15.8. The van der Waals surface area contributed by atoms with E-state index in [2.05, 4.69) is 22.6 Å². The zero-order chi connectivity index (χ0) is 17.3. The lowest BCUT2D eigenvalue weighted by atomic mass is 9.88. The number of nitrogens with zero attached hydrogens (tertiary/aromatic N) is 1. The Labute approximate surface area is 150 Å². The van der Waals surface area contributed by atoms with Gasteiger partial charge in [-0.15, -0.1) is 0 Å². The Bertz CT molecular complexity index is 594. The van der Waals surface area contributed by atoms with Crippen molar-refractivity contribution in [2.24, 2.45) is 0 Å². The van der Waals surface area contributed by atoms with Crippen molar-refractivity contribution in [3.63, 3.8) is 0 Å². The molecule has 1 saturated heterocycles. The third kappa shape index (κ3) is 4.16. The quantitative estimate of drug-likeness (QED) is 0.691. The fraction of sp³-hybridized carbons (Fsp3) is 0.529. The lowest BCUT2D eigenvalue weighted by Crippen LogP contribution is -2.60. The summed E-state index contributed by atoms with van der Waals surface area (Å²) in [6.07, 6.45) is 0.633. The molecule has 0 N–H and O–H groups in total. The van der Waals surface area contributed by atoms with E-state index in [4.69, 9.17) is 4.74 Å². The fourth-order valence-electron chi connectivity index (χ4n) is 2.87. The predicted octanol–water partition coefficient (Wildman–Crippen LogP) is 2.35. The molecular formula is C17H21INO4-. The van der Waals surface area contributed by atoms with Gasteiger partial charge in [0.2, 0.25) is 0 Å². The highest BCUT2D eigenvalue weighted by Gasteiger charge is 2.46. The van der Waals surface area contributed by atoms with Crippen LogP contribution in [0.3, 0.4) is 0 Å². The van der Waals surface area contributed by atoms with E-state index in [1.165, 1.54) is 4.90 Å². The van der Waals surface area contributed by atoms with Crippen LogP contribution in [0.2, 0.25) is 0 Å². The number of carboxylic acid groups (broad SMARTS) is 1. The van der Waals surface area contributed by atoms with E-state index in [-0.39, 0.29) is 6.42 Å². The molecule has 6 heteroatoms. The Hall–Kier alpha value is -1.31. The van der Waals surface area contributed by atoms with E-state index >= 15 is 0 Å². The van der Waals surface area contributed by atoms with Crippen LogP contribution in [0.5, 0.6) is 0 Å². The van der Waals surface area contributed by atoms with Crippen molar-refractivity contribution in [2.75, 3.05) is 6.54 Å². The normalized spacial score (nSPS) is 21.3. The Balaban J connectivity index is 2.29. The summed E-state index contributed by atoms with van der Waals surface area (Å²) < 4.78 is 6.45. The molecule has 1 aromatic carbocycles. The standard InChI is InChI=1S/C17H22INO4/c1-16(2,3)23-15(22)19-10-4-9-17(19,14(20)21)11-12-5-7-13(18)8-6-12/h5-8H,4,9-11H2,1-3H3,(H,20,21)/p-1/t17-/m0/s1. The predicted molar refractivity (Wildman–Crippen MR) is 92.8 cm³/mol. The highest BCUT2D eigenvalue weighted by atomic mass is 127. The van der Waals surface area contributed by atoms with Crippen molar-refractivity contribution < 1.29 is 19.4 Å². The molecule has 0 aliphatic carbocycles. The average Bonchev–Trinajstić information content (AvgIpc) is 2.84. The number of likely N-dealkylation sites (tertiary alicyclic amines) is 1. The topological polar surface area (TPSA) is 69.7 Å². The third-order valence-corrected chi connectivity index (χ3v) is 4.61. The van der Waals surface area contributed by atoms with Gasteiger partial charge in [-0.05, 0) is 73.9 Å². The van der Waals surface area contributed by atoms with Crippen LogP contribution in [0.25, 0.3) is 0 Å². The molecule has 0 aromatic heterocycles. The van der Waals surface area contributed by atoms with Crippen molar-refractivity contribution >= 4 is 34.7 Å². The smallest absolute Gasteiger partial charge is 0.411 e. The lowest BCUT2D eigenvalue weighted by Gasteiger charge is -2.40. The number of amides is 1. The van der Waals surface area contributed by atoms with E-state index in [1.54, 1.807) is 20.8 Å². The van der Waals surface area contributed by atoms with Gasteiger partial charge in [0.05, 0.1) is 11.5 Å². The lowest BCUT2D eigenvalue weighted by molar-refractivity contribution is -0.317. The fourth-order valence-corrected chi connectivity index (χ4v) is 3.23. The summed E-state index contributed by atoms with van der Waals surface area (Å²) in [5, 5.41) is 11.9. The maximum absolute atomic E-state index is 12.4. The van der Waals surface area contributed by atoms with Crippen LogP contribution in [0, 0.1) is 3.57 Å². The highest BCUT2D eigenvalue weighted by molar-refractivity contribution is 14.1. The molecule has 0 saturated carbocycles. The van der Waals surface area contributed by atoms with Gasteiger partial charge in [-0.1, -0.05) is 12.1 Å². The Morgan fingerprint density at radius 2 is 1.91 bits per heavy atom. The number of hydrogen-bond acceptors (Lipinski definition) is 4. The third-order valence-electron chi connectivity index (χ3n) is 3.89. The van der Waals surface area contributed by atoms with Gasteiger partial charge in [0.25, 0.3) is 0 Å². The van der Waals surface area contributed by atoms with Crippen LogP contribution < -0.4 is 5.11 Å². The SMILES string of the molecule is CC(C)(C)OC(=O)N1CCC[C@]1(Cc1ccc(I)cc1)C(=O)[O-]. The molecule has 1 fully saturated rings. The Morgan fingerprint density at radius 3 is 2.43 bits per heavy atom. The molecule has 0 radical (unpaired) electrons. The molecule has 0 unspecified atom stereocenters. The maximum atomic E-state index is 12.4. The van der Waals surface area contributed by atoms with Crippen molar-refractivity contribution in [2.45, 2.75) is 51.2 Å². The van der Waals surface area contributed by atoms with Crippen LogP contribution in [0.4, 0.5) is 4.79 Å². The van der Waals surface area contributed by atoms with Crippen LogP contribution in [-0.2, 0) is 16.0 Å². The van der Waals surface area contributed by atoms with E-state index in [9.17, 15) is 14.7 Å². The number of halogens is 1. The van der Waals surface area contributed by atoms with E-state index in [0.29, 0.717) is 19.4 Å². The number of benzene rings is 1. The summed E-state index contributed by atoms with van der Waals surface area (Å²) in [5.74, 6) is -1.22. The van der Waals surface area contributed by atoms with E-state index in [0.717, 1.165) is 9.13 Å². The molecule has 1 aromatic rings. The molecular weight excluding hydrogens is 409 g/mol. The number of hydrogen-bond donors (Lipinski definition) is 0. The van der Waals surface area contributed by atoms with Crippen molar-refractivity contribution in [1.29, 1.82) is 0 Å². The van der Waals surface area contributed by atoms with E-state index < -0.39 is 23.2 Å². The molecule has 2 rings (SSSR count). The summed E-state index contributed by atoms with van der Waals surface area (Å²) >= 11 is 2.19. The molecule has 23 heavy (non-hydrogen) atoms. The first-order chi connectivity index (χ1) is 10.6. The van der Waals surface area contributed by atoms with Gasteiger partial charge in [0.1, 0.15) is 5.60 Å². The van der Waals surface area contributed by atoms with Gasteiger partial charge < -0.3 is 14.6 Å². The minimum Gasteiger partial charge on any atom is -0.548 e. The second-order valence-corrected chi connectivity index (χ2v) is 8.10. The first-order valence-corrected chi connectivity index (χ1v) is 8.68. The molecule has 5 nitrogen and oxygen atoms in total. The van der Waals surface area contributed by atoms with Crippen molar-refractivity contribution in [1.82, 2.24) is 4.90 Å². The molecule has 1 aliphatic heterocycles. The molecule has 126 valence electrons. The number of carbonyl (C=O) groups is 2. The second kappa shape index (κ2) is 6.67. The van der Waals surface area contributed by atoms with Gasteiger partial charge in [0, 0.05) is 16.5 Å². The molecule has 0 spiro atoms. The van der Waals surface area contributed by atoms with Crippen LogP contribution in [-0.4, -0.2) is 34.6 Å². The highest BCUT2D eigenvalue weighted by Crippen LogP contribution is 2.34. The minimum absolute atomic E-state index is 0.228. The number of rotatable bonds is 3. The summed E-state index contributed by atoms with van der Waals surface area (Å²) in [4.78, 5) is 25.7. The zero-order valence-electron chi connectivity index (χ0n) is 13.6. The number of carbonyl (C=O) groups excluding carboxylic acids is 2. The summed E-state index contributed by atoms with van der Waals surface area (Å²) in [7, 11) is 0. The molecule has 1 aliphatic rings. The summed E-state index contributed by atoms with van der Waals surface area (Å²) in [6, 6.07) is 7.62. The number of ether oxygens (including phenoxy) is 1. The molecule has 0 bridgehead atoms. The average molecular weight is 430 g/mol. The van der Waals surface area contributed by atoms with Crippen LogP contribution >= 0.6 is 22.6 Å². The Morgan fingerprint density at radius 1 is 1.30 bits per heavy atom.